The molecular weight excluding hydrogens is 309 g/mol. The molecule has 2 heteroatoms. The molecule has 1 aliphatic carbocycles. The van der Waals surface area contributed by atoms with Crippen LogP contribution in [-0.4, -0.2) is 0 Å². The molecule has 1 aromatic rings. The van der Waals surface area contributed by atoms with E-state index in [4.69, 9.17) is 5.26 Å². The van der Waals surface area contributed by atoms with Crippen LogP contribution in [0.25, 0.3) is 0 Å². The van der Waals surface area contributed by atoms with Gasteiger partial charge in [-0.3, -0.25) is 0 Å². The zero-order valence-electron chi connectivity index (χ0n) is 15.6. The molecule has 1 aromatic carbocycles. The first kappa shape index (κ1) is 19.7. The molecule has 0 heterocycles. The summed E-state index contributed by atoms with van der Waals surface area (Å²) >= 11 is 0. The summed E-state index contributed by atoms with van der Waals surface area (Å²) in [5.41, 5.74) is 2.96. The van der Waals surface area contributed by atoms with Crippen molar-refractivity contribution in [2.24, 2.45) is 5.92 Å². The molecule has 1 saturated carbocycles. The highest BCUT2D eigenvalue weighted by atomic mass is 19.1. The number of allylic oxidation sites excluding steroid dienone is 2. The molecule has 0 atom stereocenters. The normalized spacial score (nSPS) is 21.1. The fraction of sp³-hybridized carbons (Fsp3) is 0.609. The van der Waals surface area contributed by atoms with Gasteiger partial charge in [0.15, 0.2) is 5.83 Å². The lowest BCUT2D eigenvalue weighted by molar-refractivity contribution is 0.311. The molecule has 0 radical (unpaired) electrons. The standard InChI is InChI=1S/C23H32FN/c1-2-3-4-5-7-19-10-14-21(15-11-19)22-16-12-20(13-17-22)8-6-9-23(24)18-25/h9-11,14-15,20,22H,2-8,12-13,16-17H2,1H3. The van der Waals surface area contributed by atoms with E-state index in [9.17, 15) is 4.39 Å². The second-order valence-electron chi connectivity index (χ2n) is 7.51. The van der Waals surface area contributed by atoms with Crippen LogP contribution in [0.5, 0.6) is 0 Å². The Morgan fingerprint density at radius 3 is 2.48 bits per heavy atom. The van der Waals surface area contributed by atoms with Crippen molar-refractivity contribution in [3.8, 4) is 6.07 Å². The smallest absolute Gasteiger partial charge is 0.195 e. The predicted molar refractivity (Wildman–Crippen MR) is 103 cm³/mol. The van der Waals surface area contributed by atoms with Crippen molar-refractivity contribution < 1.29 is 4.39 Å². The highest BCUT2D eigenvalue weighted by molar-refractivity contribution is 5.26. The second kappa shape index (κ2) is 11.1. The molecule has 1 aliphatic rings. The maximum absolute atomic E-state index is 12.8. The lowest BCUT2D eigenvalue weighted by atomic mass is 9.77. The van der Waals surface area contributed by atoms with Crippen LogP contribution in [0.2, 0.25) is 0 Å². The summed E-state index contributed by atoms with van der Waals surface area (Å²) in [4.78, 5) is 0. The van der Waals surface area contributed by atoms with E-state index in [1.807, 2.05) is 0 Å². The van der Waals surface area contributed by atoms with Crippen LogP contribution in [0.15, 0.2) is 36.2 Å². The summed E-state index contributed by atoms with van der Waals surface area (Å²) in [7, 11) is 0. The van der Waals surface area contributed by atoms with E-state index in [1.165, 1.54) is 75.0 Å². The number of nitrogens with zero attached hydrogens (tertiary/aromatic N) is 1. The van der Waals surface area contributed by atoms with Crippen LogP contribution in [0, 0.1) is 17.2 Å². The molecule has 2 rings (SSSR count). The van der Waals surface area contributed by atoms with Gasteiger partial charge >= 0.3 is 0 Å². The van der Waals surface area contributed by atoms with Crippen LogP contribution in [-0.2, 0) is 6.42 Å². The highest BCUT2D eigenvalue weighted by Gasteiger charge is 2.21. The number of rotatable bonds is 9. The molecule has 1 fully saturated rings. The van der Waals surface area contributed by atoms with Crippen molar-refractivity contribution in [2.45, 2.75) is 83.5 Å². The Morgan fingerprint density at radius 1 is 1.12 bits per heavy atom. The Labute approximate surface area is 152 Å². The van der Waals surface area contributed by atoms with Crippen LogP contribution in [0.3, 0.4) is 0 Å². The first-order valence-corrected chi connectivity index (χ1v) is 10.1. The van der Waals surface area contributed by atoms with Crippen LogP contribution >= 0.6 is 0 Å². The summed E-state index contributed by atoms with van der Waals surface area (Å²) in [5, 5.41) is 8.43. The number of benzene rings is 1. The van der Waals surface area contributed by atoms with Crippen LogP contribution in [0.1, 0.15) is 88.2 Å². The number of nitriles is 1. The van der Waals surface area contributed by atoms with Gasteiger partial charge in [0.05, 0.1) is 0 Å². The first-order valence-electron chi connectivity index (χ1n) is 10.1. The molecule has 0 unspecified atom stereocenters. The summed E-state index contributed by atoms with van der Waals surface area (Å²) in [5.74, 6) is 0.747. The Morgan fingerprint density at radius 2 is 1.84 bits per heavy atom. The summed E-state index contributed by atoms with van der Waals surface area (Å²) in [6.07, 6.45) is 14.6. The van der Waals surface area contributed by atoms with E-state index in [1.54, 1.807) is 6.07 Å². The number of halogens is 1. The minimum Gasteiger partial charge on any atom is -0.195 e. The summed E-state index contributed by atoms with van der Waals surface area (Å²) in [6.45, 7) is 2.25. The van der Waals surface area contributed by atoms with E-state index in [-0.39, 0.29) is 0 Å². The molecule has 0 N–H and O–H groups in total. The zero-order chi connectivity index (χ0) is 17.9. The van der Waals surface area contributed by atoms with E-state index in [0.29, 0.717) is 18.3 Å². The average molecular weight is 342 g/mol. The lowest BCUT2D eigenvalue weighted by Gasteiger charge is -2.28. The van der Waals surface area contributed by atoms with Gasteiger partial charge in [-0.15, -0.1) is 0 Å². The van der Waals surface area contributed by atoms with E-state index >= 15 is 0 Å². The van der Waals surface area contributed by atoms with Gasteiger partial charge in [-0.25, -0.2) is 0 Å². The van der Waals surface area contributed by atoms with Crippen LogP contribution in [0.4, 0.5) is 4.39 Å². The molecule has 0 saturated heterocycles. The van der Waals surface area contributed by atoms with Crippen molar-refractivity contribution in [1.29, 1.82) is 5.26 Å². The lowest BCUT2D eigenvalue weighted by Crippen LogP contribution is -2.13. The molecule has 0 aromatic heterocycles. The van der Waals surface area contributed by atoms with Crippen molar-refractivity contribution in [1.82, 2.24) is 0 Å². The van der Waals surface area contributed by atoms with Crippen LogP contribution < -0.4 is 0 Å². The molecule has 1 nitrogen and oxygen atoms in total. The minimum absolute atomic E-state index is 0.636. The third-order valence-electron chi connectivity index (χ3n) is 5.62. The third-order valence-corrected chi connectivity index (χ3v) is 5.62. The topological polar surface area (TPSA) is 23.8 Å². The van der Waals surface area contributed by atoms with Gasteiger partial charge in [-0.2, -0.15) is 9.65 Å². The first-order chi connectivity index (χ1) is 12.2. The molecular formula is C23H32FN. The quantitative estimate of drug-likeness (QED) is 0.343. The summed E-state index contributed by atoms with van der Waals surface area (Å²) < 4.78 is 12.8. The van der Waals surface area contributed by atoms with Crippen molar-refractivity contribution in [3.05, 3.63) is 47.3 Å². The van der Waals surface area contributed by atoms with Gasteiger partial charge in [0.25, 0.3) is 0 Å². The fourth-order valence-corrected chi connectivity index (χ4v) is 3.99. The predicted octanol–water partition coefficient (Wildman–Crippen LogP) is 7.24. The maximum Gasteiger partial charge on any atom is 0.196 e. The highest BCUT2D eigenvalue weighted by Crippen LogP contribution is 2.37. The van der Waals surface area contributed by atoms with E-state index < -0.39 is 5.83 Å². The van der Waals surface area contributed by atoms with Gasteiger partial charge in [-0.05, 0) is 80.4 Å². The average Bonchev–Trinajstić information content (AvgIpc) is 2.66. The molecule has 0 aliphatic heterocycles. The Hall–Kier alpha value is -1.62. The molecule has 0 bridgehead atoms. The number of unbranched alkanes of at least 4 members (excludes halogenated alkanes) is 3. The Kier molecular flexibility index (Phi) is 8.73. The molecule has 0 amide bonds. The SMILES string of the molecule is CCCCCCc1ccc(C2CCC(CCC=C(F)C#N)CC2)cc1. The van der Waals surface area contributed by atoms with Gasteiger partial charge < -0.3 is 0 Å². The zero-order valence-corrected chi connectivity index (χ0v) is 15.6. The van der Waals surface area contributed by atoms with Crippen molar-refractivity contribution >= 4 is 0 Å². The second-order valence-corrected chi connectivity index (χ2v) is 7.51. The Balaban J connectivity index is 1.72. The Bertz CT molecular complexity index is 559. The number of aryl methyl sites for hydroxylation is 1. The fourth-order valence-electron chi connectivity index (χ4n) is 3.99. The largest absolute Gasteiger partial charge is 0.196 e. The van der Waals surface area contributed by atoms with E-state index in [0.717, 1.165) is 6.42 Å². The minimum atomic E-state index is -0.636. The number of hydrogen-bond donors (Lipinski definition) is 0. The monoisotopic (exact) mass is 341 g/mol. The maximum atomic E-state index is 12.8. The molecule has 0 spiro atoms. The molecule has 25 heavy (non-hydrogen) atoms. The van der Waals surface area contributed by atoms with Gasteiger partial charge in [0.2, 0.25) is 0 Å². The third kappa shape index (κ3) is 7.02. The van der Waals surface area contributed by atoms with Crippen molar-refractivity contribution in [3.63, 3.8) is 0 Å². The van der Waals surface area contributed by atoms with Crippen molar-refractivity contribution in [2.75, 3.05) is 0 Å². The number of hydrogen-bond acceptors (Lipinski definition) is 1. The van der Waals surface area contributed by atoms with Gasteiger partial charge in [0, 0.05) is 0 Å². The molecule has 136 valence electrons. The van der Waals surface area contributed by atoms with E-state index in [2.05, 4.69) is 31.2 Å². The summed E-state index contributed by atoms with van der Waals surface area (Å²) in [6, 6.07) is 10.9. The van der Waals surface area contributed by atoms with Gasteiger partial charge in [-0.1, -0.05) is 50.5 Å². The van der Waals surface area contributed by atoms with Gasteiger partial charge in [0.1, 0.15) is 6.07 Å².